The van der Waals surface area contributed by atoms with Gasteiger partial charge in [0, 0.05) is 23.7 Å². The van der Waals surface area contributed by atoms with Crippen LogP contribution in [0.1, 0.15) is 39.6 Å². The maximum absolute atomic E-state index is 12.9. The van der Waals surface area contributed by atoms with Gasteiger partial charge < -0.3 is 9.67 Å². The van der Waals surface area contributed by atoms with Crippen LogP contribution in [-0.2, 0) is 21.3 Å². The molecule has 0 bridgehead atoms. The van der Waals surface area contributed by atoms with E-state index in [4.69, 9.17) is 5.14 Å². The van der Waals surface area contributed by atoms with Gasteiger partial charge in [0.25, 0.3) is 0 Å². The Morgan fingerprint density at radius 3 is 2.24 bits per heavy atom. The number of nitrogens with zero attached hydrogens (tertiary/aromatic N) is 1. The van der Waals surface area contributed by atoms with E-state index < -0.39 is 27.3 Å². The van der Waals surface area contributed by atoms with Gasteiger partial charge in [-0.1, -0.05) is 60.7 Å². The number of rotatable bonds is 6. The summed E-state index contributed by atoms with van der Waals surface area (Å²) >= 11 is 0. The minimum Gasteiger partial charge on any atom is -0.394 e. The normalized spacial score (nSPS) is 18.2. The van der Waals surface area contributed by atoms with Gasteiger partial charge in [0.1, 0.15) is 4.75 Å². The number of hydrogen-bond donors (Lipinski definition) is 2. The predicted octanol–water partition coefficient (Wildman–Crippen LogP) is 2.38. The first kappa shape index (κ1) is 19.6. The van der Waals surface area contributed by atoms with Gasteiger partial charge in [-0.25, -0.2) is 13.6 Å². The summed E-state index contributed by atoms with van der Waals surface area (Å²) in [7, 11) is -4.17. The molecular weight excluding hydrogens is 388 g/mol. The number of aliphatic hydroxyl groups is 1. The number of nitrogens with two attached hydrogens (primary N) is 1. The number of carbonyl (C=O) groups is 1. The summed E-state index contributed by atoms with van der Waals surface area (Å²) in [5, 5.41) is 16.0. The standard InChI is InChI=1S/C22H22N2O4S/c23-29(27,28)22(15-25,17-9-5-2-6-10-17)18-13-14-24-19(18)11-12-20(24)21(26)16-7-3-1-4-8-16/h1-12,18,25H,13-15H2,(H2,23,27,28). The van der Waals surface area contributed by atoms with Gasteiger partial charge >= 0.3 is 0 Å². The summed E-state index contributed by atoms with van der Waals surface area (Å²) in [5.74, 6) is -0.690. The predicted molar refractivity (Wildman–Crippen MR) is 110 cm³/mol. The van der Waals surface area contributed by atoms with Gasteiger partial charge in [0.05, 0.1) is 12.3 Å². The van der Waals surface area contributed by atoms with Crippen molar-refractivity contribution in [1.82, 2.24) is 4.57 Å². The first-order valence-corrected chi connectivity index (χ1v) is 10.9. The average Bonchev–Trinajstić information content (AvgIpc) is 3.32. The van der Waals surface area contributed by atoms with E-state index >= 15 is 0 Å². The van der Waals surface area contributed by atoms with E-state index in [1.165, 1.54) is 0 Å². The van der Waals surface area contributed by atoms with E-state index in [1.54, 1.807) is 66.7 Å². The van der Waals surface area contributed by atoms with E-state index in [9.17, 15) is 18.3 Å². The molecule has 6 nitrogen and oxygen atoms in total. The lowest BCUT2D eigenvalue weighted by Gasteiger charge is -2.35. The van der Waals surface area contributed by atoms with Gasteiger partial charge in [-0.15, -0.1) is 0 Å². The number of hydrogen-bond acceptors (Lipinski definition) is 4. The van der Waals surface area contributed by atoms with Gasteiger partial charge in [-0.3, -0.25) is 4.79 Å². The Morgan fingerprint density at radius 2 is 1.66 bits per heavy atom. The molecular formula is C22H22N2O4S. The minimum atomic E-state index is -4.17. The maximum atomic E-state index is 12.9. The van der Waals surface area contributed by atoms with Crippen molar-refractivity contribution in [2.45, 2.75) is 23.6 Å². The molecule has 0 fully saturated rings. The maximum Gasteiger partial charge on any atom is 0.222 e. The molecule has 0 saturated carbocycles. The zero-order chi connectivity index (χ0) is 20.6. The van der Waals surface area contributed by atoms with Crippen molar-refractivity contribution in [3.63, 3.8) is 0 Å². The molecule has 2 atom stereocenters. The molecule has 3 aromatic rings. The average molecular weight is 410 g/mol. The molecule has 2 aromatic carbocycles. The molecule has 0 amide bonds. The highest BCUT2D eigenvalue weighted by Gasteiger charge is 2.52. The van der Waals surface area contributed by atoms with Crippen LogP contribution in [0.25, 0.3) is 0 Å². The van der Waals surface area contributed by atoms with Gasteiger partial charge in [-0.05, 0) is 24.1 Å². The summed E-state index contributed by atoms with van der Waals surface area (Å²) in [4.78, 5) is 12.9. The van der Waals surface area contributed by atoms with Gasteiger partial charge in [0.15, 0.2) is 0 Å². The summed E-state index contributed by atoms with van der Waals surface area (Å²) in [5.41, 5.74) is 2.21. The van der Waals surface area contributed by atoms with Crippen molar-refractivity contribution in [1.29, 1.82) is 0 Å². The van der Waals surface area contributed by atoms with Crippen LogP contribution in [0, 0.1) is 0 Å². The molecule has 0 aliphatic carbocycles. The largest absolute Gasteiger partial charge is 0.394 e. The van der Waals surface area contributed by atoms with Crippen LogP contribution in [0.15, 0.2) is 72.8 Å². The van der Waals surface area contributed by atoms with Crippen molar-refractivity contribution in [3.05, 3.63) is 95.3 Å². The number of aromatic nitrogens is 1. The third kappa shape index (κ3) is 3.02. The Kier molecular flexibility index (Phi) is 4.90. The third-order valence-corrected chi connectivity index (χ3v) is 7.51. The Bertz CT molecular complexity index is 1140. The lowest BCUT2D eigenvalue weighted by Crippen LogP contribution is -2.48. The van der Waals surface area contributed by atoms with Crippen LogP contribution >= 0.6 is 0 Å². The fourth-order valence-corrected chi connectivity index (χ4v) is 5.71. The Balaban J connectivity index is 1.83. The van der Waals surface area contributed by atoms with Crippen molar-refractivity contribution in [3.8, 4) is 0 Å². The van der Waals surface area contributed by atoms with Crippen molar-refractivity contribution in [2.75, 3.05) is 6.61 Å². The smallest absolute Gasteiger partial charge is 0.222 e. The lowest BCUT2D eigenvalue weighted by atomic mass is 9.82. The fraction of sp³-hybridized carbons (Fsp3) is 0.227. The molecule has 0 radical (unpaired) electrons. The van der Waals surface area contributed by atoms with Crippen LogP contribution in [-0.4, -0.2) is 30.5 Å². The van der Waals surface area contributed by atoms with Gasteiger partial charge in [-0.2, -0.15) is 0 Å². The van der Waals surface area contributed by atoms with E-state index in [-0.39, 0.29) is 5.78 Å². The molecule has 29 heavy (non-hydrogen) atoms. The molecule has 1 aliphatic heterocycles. The number of aliphatic hydroxyl groups excluding tert-OH is 1. The Hall–Kier alpha value is -2.74. The van der Waals surface area contributed by atoms with E-state index in [2.05, 4.69) is 0 Å². The fourth-order valence-electron chi connectivity index (χ4n) is 4.43. The number of fused-ring (bicyclic) bond motifs is 1. The lowest BCUT2D eigenvalue weighted by molar-refractivity contribution is 0.103. The number of primary sulfonamides is 1. The molecule has 0 saturated heterocycles. The number of sulfonamides is 1. The molecule has 2 unspecified atom stereocenters. The topological polar surface area (TPSA) is 102 Å². The highest BCUT2D eigenvalue weighted by Crippen LogP contribution is 2.48. The van der Waals surface area contributed by atoms with Crippen molar-refractivity contribution < 1.29 is 18.3 Å². The quantitative estimate of drug-likeness (QED) is 0.609. The highest BCUT2D eigenvalue weighted by atomic mass is 32.2. The second-order valence-electron chi connectivity index (χ2n) is 7.29. The van der Waals surface area contributed by atoms with Crippen LogP contribution in [0.5, 0.6) is 0 Å². The van der Waals surface area contributed by atoms with Crippen molar-refractivity contribution >= 4 is 15.8 Å². The molecule has 2 heterocycles. The molecule has 7 heteroatoms. The highest BCUT2D eigenvalue weighted by molar-refractivity contribution is 7.90. The van der Waals surface area contributed by atoms with E-state index in [0.29, 0.717) is 35.5 Å². The minimum absolute atomic E-state index is 0.123. The Morgan fingerprint density at radius 1 is 1.03 bits per heavy atom. The summed E-state index contributed by atoms with van der Waals surface area (Å²) in [6.07, 6.45) is 0.455. The molecule has 1 aliphatic rings. The zero-order valence-electron chi connectivity index (χ0n) is 15.7. The summed E-state index contributed by atoms with van der Waals surface area (Å²) in [6, 6.07) is 21.0. The van der Waals surface area contributed by atoms with E-state index in [1.807, 2.05) is 10.6 Å². The zero-order valence-corrected chi connectivity index (χ0v) is 16.5. The monoisotopic (exact) mass is 410 g/mol. The first-order valence-electron chi connectivity index (χ1n) is 9.38. The van der Waals surface area contributed by atoms with Crippen LogP contribution in [0.3, 0.4) is 0 Å². The van der Waals surface area contributed by atoms with Crippen LogP contribution in [0.2, 0.25) is 0 Å². The van der Waals surface area contributed by atoms with Crippen LogP contribution < -0.4 is 5.14 Å². The van der Waals surface area contributed by atoms with E-state index in [0.717, 1.165) is 0 Å². The number of carbonyl (C=O) groups excluding carboxylic acids is 1. The molecule has 4 rings (SSSR count). The first-order chi connectivity index (χ1) is 13.9. The molecule has 1 aromatic heterocycles. The Labute approximate surface area is 169 Å². The molecule has 3 N–H and O–H groups in total. The number of benzene rings is 2. The van der Waals surface area contributed by atoms with Gasteiger partial charge in [0.2, 0.25) is 15.8 Å². The van der Waals surface area contributed by atoms with Crippen LogP contribution in [0.4, 0.5) is 0 Å². The number of ketones is 1. The molecule has 150 valence electrons. The summed E-state index contributed by atoms with van der Waals surface area (Å²) < 4.78 is 25.7. The third-order valence-electron chi connectivity index (χ3n) is 5.85. The second kappa shape index (κ2) is 7.26. The molecule has 0 spiro atoms. The summed E-state index contributed by atoms with van der Waals surface area (Å²) in [6.45, 7) is -0.168. The second-order valence-corrected chi connectivity index (χ2v) is 9.11. The SMILES string of the molecule is NS(=O)(=O)C(CO)(c1ccccc1)C1CCn2c(C(=O)c3ccccc3)ccc21. The van der Waals surface area contributed by atoms with Crippen molar-refractivity contribution in [2.24, 2.45) is 5.14 Å².